The summed E-state index contributed by atoms with van der Waals surface area (Å²) in [7, 11) is 0. The van der Waals surface area contributed by atoms with Gasteiger partial charge in [-0.1, -0.05) is 66.7 Å². The van der Waals surface area contributed by atoms with Crippen molar-refractivity contribution in [2.75, 3.05) is 13.2 Å². The molecule has 1 aliphatic carbocycles. The van der Waals surface area contributed by atoms with Crippen LogP contribution in [0.25, 0.3) is 11.1 Å². The van der Waals surface area contributed by atoms with Crippen LogP contribution < -0.4 is 11.1 Å². The number of amidine groups is 1. The van der Waals surface area contributed by atoms with E-state index in [9.17, 15) is 15.0 Å². The summed E-state index contributed by atoms with van der Waals surface area (Å²) in [5, 5.41) is 30.8. The molecule has 3 aromatic rings. The fourth-order valence-corrected chi connectivity index (χ4v) is 4.24. The third-order valence-electron chi connectivity index (χ3n) is 5.96. The first-order chi connectivity index (χ1) is 16.0. The average molecular weight is 446 g/mol. The Labute approximate surface area is 192 Å². The molecule has 4 rings (SSSR count). The highest BCUT2D eigenvalue weighted by atomic mass is 16.5. The topological polar surface area (TPSA) is 129 Å². The first-order valence-electron chi connectivity index (χ1n) is 10.8. The van der Waals surface area contributed by atoms with Crippen LogP contribution in [0, 0.1) is 5.41 Å². The van der Waals surface area contributed by atoms with Crippen LogP contribution in [0.5, 0.6) is 0 Å². The Morgan fingerprint density at radius 3 is 2.27 bits per heavy atom. The van der Waals surface area contributed by atoms with Gasteiger partial charge in [0.1, 0.15) is 18.5 Å². The van der Waals surface area contributed by atoms with E-state index in [1.807, 2.05) is 24.3 Å². The molecule has 0 aliphatic heterocycles. The number of alkyl carbamates (subject to hydrolysis) is 1. The van der Waals surface area contributed by atoms with Crippen LogP contribution in [0.3, 0.4) is 0 Å². The highest BCUT2D eigenvalue weighted by Gasteiger charge is 2.29. The summed E-state index contributed by atoms with van der Waals surface area (Å²) >= 11 is 0. The maximum atomic E-state index is 12.2. The number of nitrogens with two attached hydrogens (primary N) is 1. The van der Waals surface area contributed by atoms with Gasteiger partial charge in [-0.25, -0.2) is 4.79 Å². The quantitative estimate of drug-likeness (QED) is 0.268. The molecule has 2 unspecified atom stereocenters. The number of hydrogen-bond donors (Lipinski definition) is 5. The molecule has 0 fully saturated rings. The minimum Gasteiger partial charge on any atom is -0.449 e. The van der Waals surface area contributed by atoms with Crippen LogP contribution >= 0.6 is 0 Å². The summed E-state index contributed by atoms with van der Waals surface area (Å²) < 4.78 is 5.48. The molecule has 0 spiro atoms. The predicted octanol–water partition coefficient (Wildman–Crippen LogP) is 3.29. The van der Waals surface area contributed by atoms with E-state index in [4.69, 9.17) is 15.9 Å². The van der Waals surface area contributed by atoms with Crippen LogP contribution in [-0.4, -0.2) is 41.4 Å². The highest BCUT2D eigenvalue weighted by molar-refractivity contribution is 5.95. The molecular formula is C26H27N3O4. The standard InChI is InChI=1S/C26H27N3O4/c27-25(28)17-7-5-6-16(14-17)24(31)23(30)12-13-29-26(32)33-15-22-20-10-3-1-8-18(20)19-9-2-4-11-21(19)22/h1-11,14,22-24,30-31H,12-13,15H2,(H3,27,28)(H,29,32). The Bertz CT molecular complexity index is 1120. The lowest BCUT2D eigenvalue weighted by molar-refractivity contribution is 0.0136. The van der Waals surface area contributed by atoms with Crippen molar-refractivity contribution in [3.05, 3.63) is 95.1 Å². The molecular weight excluding hydrogens is 418 g/mol. The second-order valence-corrected chi connectivity index (χ2v) is 8.09. The number of amides is 1. The van der Waals surface area contributed by atoms with Gasteiger partial charge in [0.25, 0.3) is 0 Å². The van der Waals surface area contributed by atoms with Gasteiger partial charge in [0, 0.05) is 18.0 Å². The normalized spacial score (nSPS) is 14.1. The van der Waals surface area contributed by atoms with Crippen molar-refractivity contribution in [3.63, 3.8) is 0 Å². The van der Waals surface area contributed by atoms with E-state index in [2.05, 4.69) is 29.6 Å². The Balaban J connectivity index is 1.28. The lowest BCUT2D eigenvalue weighted by Crippen LogP contribution is -2.30. The maximum absolute atomic E-state index is 12.2. The van der Waals surface area contributed by atoms with Crippen molar-refractivity contribution in [2.24, 2.45) is 5.73 Å². The molecule has 0 radical (unpaired) electrons. The number of benzene rings is 3. The van der Waals surface area contributed by atoms with E-state index in [0.29, 0.717) is 11.1 Å². The molecule has 7 heteroatoms. The Hall–Kier alpha value is -3.68. The van der Waals surface area contributed by atoms with Gasteiger partial charge in [0.2, 0.25) is 0 Å². The second kappa shape index (κ2) is 9.85. The molecule has 0 saturated heterocycles. The molecule has 1 amide bonds. The number of nitrogen functional groups attached to an aromatic ring is 1. The third kappa shape index (κ3) is 4.89. The molecule has 0 saturated carbocycles. The number of rotatable bonds is 8. The van der Waals surface area contributed by atoms with Gasteiger partial charge in [-0.15, -0.1) is 0 Å². The molecule has 1 aliphatic rings. The zero-order valence-corrected chi connectivity index (χ0v) is 18.1. The monoisotopic (exact) mass is 445 g/mol. The molecule has 0 bridgehead atoms. The zero-order chi connectivity index (χ0) is 23.4. The van der Waals surface area contributed by atoms with Gasteiger partial charge >= 0.3 is 6.09 Å². The van der Waals surface area contributed by atoms with Crippen LogP contribution in [0.2, 0.25) is 0 Å². The van der Waals surface area contributed by atoms with Crippen LogP contribution in [0.1, 0.15) is 40.7 Å². The number of hydrogen-bond acceptors (Lipinski definition) is 5. The predicted molar refractivity (Wildman–Crippen MR) is 126 cm³/mol. The first-order valence-corrected chi connectivity index (χ1v) is 10.8. The number of carbonyl (C=O) groups excluding carboxylic acids is 1. The summed E-state index contributed by atoms with van der Waals surface area (Å²) in [6.45, 7) is 0.351. The van der Waals surface area contributed by atoms with Gasteiger partial charge in [-0.05, 0) is 40.3 Å². The number of nitrogens with one attached hydrogen (secondary N) is 2. The fraction of sp³-hybridized carbons (Fsp3) is 0.231. The summed E-state index contributed by atoms with van der Waals surface area (Å²) in [5.74, 6) is -0.139. The van der Waals surface area contributed by atoms with Gasteiger partial charge in [0.05, 0.1) is 6.10 Å². The van der Waals surface area contributed by atoms with Crippen molar-refractivity contribution in [1.29, 1.82) is 5.41 Å². The van der Waals surface area contributed by atoms with Gasteiger partial charge in [-0.2, -0.15) is 0 Å². The highest BCUT2D eigenvalue weighted by Crippen LogP contribution is 2.44. The van der Waals surface area contributed by atoms with Crippen LogP contribution in [0.15, 0.2) is 72.8 Å². The SMILES string of the molecule is N=C(N)c1cccc(C(O)C(O)CCNC(=O)OCC2c3ccccc3-c3ccccc32)c1. The van der Waals surface area contributed by atoms with E-state index in [1.165, 1.54) is 0 Å². The number of aliphatic hydroxyl groups excluding tert-OH is 2. The summed E-state index contributed by atoms with van der Waals surface area (Å²) in [5.41, 5.74) is 11.0. The Morgan fingerprint density at radius 1 is 1.00 bits per heavy atom. The van der Waals surface area contributed by atoms with E-state index in [1.54, 1.807) is 24.3 Å². The summed E-state index contributed by atoms with van der Waals surface area (Å²) in [6.07, 6.45) is -2.69. The molecule has 170 valence electrons. The zero-order valence-electron chi connectivity index (χ0n) is 18.1. The summed E-state index contributed by atoms with van der Waals surface area (Å²) in [6, 6.07) is 22.8. The van der Waals surface area contributed by atoms with Crippen molar-refractivity contribution < 1.29 is 19.7 Å². The van der Waals surface area contributed by atoms with E-state index >= 15 is 0 Å². The number of fused-ring (bicyclic) bond motifs is 3. The maximum Gasteiger partial charge on any atom is 0.407 e. The number of carbonyl (C=O) groups is 1. The Kier molecular flexibility index (Phi) is 6.72. The number of ether oxygens (including phenoxy) is 1. The van der Waals surface area contributed by atoms with Gasteiger partial charge in [0.15, 0.2) is 0 Å². The molecule has 7 nitrogen and oxygen atoms in total. The summed E-state index contributed by atoms with van der Waals surface area (Å²) in [4.78, 5) is 12.2. The van der Waals surface area contributed by atoms with Gasteiger partial charge in [-0.3, -0.25) is 5.41 Å². The molecule has 0 aromatic heterocycles. The van der Waals surface area contributed by atoms with Gasteiger partial charge < -0.3 is 26.0 Å². The van der Waals surface area contributed by atoms with E-state index in [0.717, 1.165) is 22.3 Å². The van der Waals surface area contributed by atoms with Crippen molar-refractivity contribution in [3.8, 4) is 11.1 Å². The minimum atomic E-state index is -1.16. The third-order valence-corrected chi connectivity index (χ3v) is 5.96. The number of aliphatic hydroxyl groups is 2. The smallest absolute Gasteiger partial charge is 0.407 e. The van der Waals surface area contributed by atoms with Crippen molar-refractivity contribution in [1.82, 2.24) is 5.32 Å². The molecule has 33 heavy (non-hydrogen) atoms. The lowest BCUT2D eigenvalue weighted by Gasteiger charge is -2.19. The fourth-order valence-electron chi connectivity index (χ4n) is 4.24. The molecule has 0 heterocycles. The van der Waals surface area contributed by atoms with Crippen LogP contribution in [-0.2, 0) is 4.74 Å². The first kappa shape index (κ1) is 22.5. The lowest BCUT2D eigenvalue weighted by atomic mass is 9.98. The molecule has 2 atom stereocenters. The molecule has 6 N–H and O–H groups in total. The van der Waals surface area contributed by atoms with Crippen molar-refractivity contribution >= 4 is 11.9 Å². The van der Waals surface area contributed by atoms with Crippen molar-refractivity contribution in [2.45, 2.75) is 24.5 Å². The molecule has 3 aromatic carbocycles. The average Bonchev–Trinajstić information content (AvgIpc) is 3.16. The van der Waals surface area contributed by atoms with E-state index < -0.39 is 18.3 Å². The second-order valence-electron chi connectivity index (χ2n) is 8.09. The Morgan fingerprint density at radius 2 is 1.64 bits per heavy atom. The van der Waals surface area contributed by atoms with Crippen LogP contribution in [0.4, 0.5) is 4.79 Å². The minimum absolute atomic E-state index is 0.0240. The largest absolute Gasteiger partial charge is 0.449 e. The van der Waals surface area contributed by atoms with E-state index in [-0.39, 0.29) is 31.3 Å².